The van der Waals surface area contributed by atoms with Gasteiger partial charge in [-0.15, -0.1) is 0 Å². The first-order chi connectivity index (χ1) is 11.9. The normalized spacial score (nSPS) is 38.0. The Morgan fingerprint density at radius 3 is 2.12 bits per heavy atom. The van der Waals surface area contributed by atoms with E-state index in [2.05, 4.69) is 13.8 Å². The summed E-state index contributed by atoms with van der Waals surface area (Å²) in [4.78, 5) is 0. The first-order valence-electron chi connectivity index (χ1n) is 9.71. The Bertz CT molecular complexity index is 362. The highest BCUT2D eigenvalue weighted by Crippen LogP contribution is 2.40. The molecule has 1 aliphatic carbocycles. The van der Waals surface area contributed by atoms with Crippen molar-refractivity contribution in [1.82, 2.24) is 0 Å². The summed E-state index contributed by atoms with van der Waals surface area (Å²) in [5, 5.41) is 0. The van der Waals surface area contributed by atoms with Crippen molar-refractivity contribution in [2.24, 2.45) is 23.7 Å². The Morgan fingerprint density at radius 2 is 1.60 bits per heavy atom. The van der Waals surface area contributed by atoms with Crippen LogP contribution >= 0.6 is 0 Å². The largest absolute Gasteiger partial charge is 0.352 e. The molecule has 2 fully saturated rings. The predicted octanol–water partition coefficient (Wildman–Crippen LogP) is 5.55. The lowest BCUT2D eigenvalue weighted by molar-refractivity contribution is -0.238. The van der Waals surface area contributed by atoms with Gasteiger partial charge in [-0.25, -0.2) is 17.6 Å². The van der Waals surface area contributed by atoms with E-state index < -0.39 is 36.9 Å². The molecule has 25 heavy (non-hydrogen) atoms. The predicted molar refractivity (Wildman–Crippen MR) is 89.1 cm³/mol. The van der Waals surface area contributed by atoms with Crippen molar-refractivity contribution < 1.29 is 27.0 Å². The Labute approximate surface area is 148 Å². The average molecular weight is 368 g/mol. The summed E-state index contributed by atoms with van der Waals surface area (Å²) < 4.78 is 64.6. The van der Waals surface area contributed by atoms with Gasteiger partial charge < -0.3 is 9.47 Å². The molecule has 0 radical (unpaired) electrons. The molecule has 0 aromatic rings. The molecule has 3 unspecified atom stereocenters. The molecule has 0 bridgehead atoms. The molecule has 1 aliphatic heterocycles. The van der Waals surface area contributed by atoms with Crippen LogP contribution in [0.2, 0.25) is 0 Å². The molecule has 0 amide bonds. The molecule has 2 rings (SSSR count). The van der Waals surface area contributed by atoms with Gasteiger partial charge in [0.15, 0.2) is 6.29 Å². The fourth-order valence-corrected chi connectivity index (χ4v) is 4.14. The molecule has 1 saturated heterocycles. The number of hydrogen-bond donors (Lipinski definition) is 0. The van der Waals surface area contributed by atoms with Crippen LogP contribution < -0.4 is 0 Å². The molecular weight excluding hydrogens is 336 g/mol. The Kier molecular flexibility index (Phi) is 8.46. The van der Waals surface area contributed by atoms with E-state index in [0.717, 1.165) is 18.8 Å². The second-order valence-corrected chi connectivity index (χ2v) is 7.90. The van der Waals surface area contributed by atoms with Gasteiger partial charge in [0, 0.05) is 11.8 Å². The monoisotopic (exact) mass is 368 g/mol. The maximum Gasteiger partial charge on any atom is 0.247 e. The summed E-state index contributed by atoms with van der Waals surface area (Å²) >= 11 is 0. The molecule has 0 aromatic heterocycles. The van der Waals surface area contributed by atoms with E-state index in [0.29, 0.717) is 19.1 Å². The van der Waals surface area contributed by atoms with E-state index in [-0.39, 0.29) is 12.8 Å². The van der Waals surface area contributed by atoms with E-state index in [9.17, 15) is 17.6 Å². The van der Waals surface area contributed by atoms with Crippen LogP contribution in [0, 0.1) is 23.7 Å². The maximum atomic E-state index is 13.9. The fourth-order valence-electron chi connectivity index (χ4n) is 4.14. The third-order valence-electron chi connectivity index (χ3n) is 5.65. The zero-order valence-electron chi connectivity index (χ0n) is 15.3. The molecule has 1 saturated carbocycles. The number of ether oxygens (including phenoxy) is 2. The van der Waals surface area contributed by atoms with Gasteiger partial charge in [0.25, 0.3) is 0 Å². The van der Waals surface area contributed by atoms with E-state index in [1.54, 1.807) is 0 Å². The van der Waals surface area contributed by atoms with Crippen LogP contribution in [-0.4, -0.2) is 38.3 Å². The van der Waals surface area contributed by atoms with Crippen LogP contribution in [-0.2, 0) is 9.47 Å². The van der Waals surface area contributed by atoms with Gasteiger partial charge in [-0.3, -0.25) is 0 Å². The van der Waals surface area contributed by atoms with Gasteiger partial charge in [-0.1, -0.05) is 39.5 Å². The highest BCUT2D eigenvalue weighted by molar-refractivity contribution is 4.89. The minimum absolute atomic E-state index is 0.112. The summed E-state index contributed by atoms with van der Waals surface area (Å²) in [5.41, 5.74) is 0. The highest BCUT2D eigenvalue weighted by Gasteiger charge is 2.46. The van der Waals surface area contributed by atoms with Crippen molar-refractivity contribution in [1.29, 1.82) is 0 Å². The van der Waals surface area contributed by atoms with Crippen molar-refractivity contribution in [2.75, 3.05) is 13.2 Å². The van der Waals surface area contributed by atoms with Gasteiger partial charge >= 0.3 is 0 Å². The Hall–Kier alpha value is -0.360. The van der Waals surface area contributed by atoms with Crippen molar-refractivity contribution in [3.05, 3.63) is 0 Å². The lowest BCUT2D eigenvalue weighted by atomic mass is 9.79. The van der Waals surface area contributed by atoms with Crippen molar-refractivity contribution in [3.63, 3.8) is 0 Å². The molecule has 2 aliphatic rings. The van der Waals surface area contributed by atoms with Crippen LogP contribution in [0.3, 0.4) is 0 Å². The topological polar surface area (TPSA) is 18.5 Å². The molecule has 0 N–H and O–H groups in total. The lowest BCUT2D eigenvalue weighted by Crippen LogP contribution is -2.46. The van der Waals surface area contributed by atoms with Crippen LogP contribution in [0.15, 0.2) is 0 Å². The van der Waals surface area contributed by atoms with Crippen LogP contribution in [0.4, 0.5) is 17.6 Å². The van der Waals surface area contributed by atoms with Crippen LogP contribution in [0.5, 0.6) is 0 Å². The van der Waals surface area contributed by atoms with Gasteiger partial charge in [-0.05, 0) is 25.2 Å². The molecule has 0 spiro atoms. The van der Waals surface area contributed by atoms with Gasteiger partial charge in [0.05, 0.1) is 19.1 Å². The second kappa shape index (κ2) is 10.1. The SMILES string of the molecule is CCCC(C)CCCC1COC(C2CC(F)C(C(F)F)C(F)C2)OC1. The van der Waals surface area contributed by atoms with E-state index >= 15 is 0 Å². The maximum absolute atomic E-state index is 13.9. The van der Waals surface area contributed by atoms with Crippen molar-refractivity contribution in [3.8, 4) is 0 Å². The van der Waals surface area contributed by atoms with E-state index in [1.165, 1.54) is 19.3 Å². The van der Waals surface area contributed by atoms with E-state index in [4.69, 9.17) is 9.47 Å². The van der Waals surface area contributed by atoms with Crippen molar-refractivity contribution >= 4 is 0 Å². The molecule has 148 valence electrons. The van der Waals surface area contributed by atoms with Crippen LogP contribution in [0.1, 0.15) is 58.8 Å². The number of rotatable bonds is 8. The van der Waals surface area contributed by atoms with Gasteiger partial charge in [0.2, 0.25) is 6.43 Å². The third kappa shape index (κ3) is 6.09. The Morgan fingerprint density at radius 1 is 1.00 bits per heavy atom. The minimum Gasteiger partial charge on any atom is -0.352 e. The Balaban J connectivity index is 1.70. The molecular formula is C19H32F4O2. The minimum atomic E-state index is -2.96. The van der Waals surface area contributed by atoms with Gasteiger partial charge in [0.1, 0.15) is 12.3 Å². The standard InChI is InChI=1S/C19H32F4O2/c1-3-5-12(2)6-4-7-13-10-24-19(25-11-13)14-8-15(20)17(18(22)23)16(21)9-14/h12-19H,3-11H2,1-2H3. The summed E-state index contributed by atoms with van der Waals surface area (Å²) in [5.74, 6) is -1.25. The van der Waals surface area contributed by atoms with Crippen molar-refractivity contribution in [2.45, 2.75) is 83.9 Å². The highest BCUT2D eigenvalue weighted by atomic mass is 19.3. The first kappa shape index (κ1) is 20.9. The zero-order chi connectivity index (χ0) is 18.4. The summed E-state index contributed by atoms with van der Waals surface area (Å²) in [6.07, 6.45) is -1.72. The summed E-state index contributed by atoms with van der Waals surface area (Å²) in [7, 11) is 0. The molecule has 0 aromatic carbocycles. The van der Waals surface area contributed by atoms with Gasteiger partial charge in [-0.2, -0.15) is 0 Å². The smallest absolute Gasteiger partial charge is 0.247 e. The first-order valence-corrected chi connectivity index (χ1v) is 9.71. The zero-order valence-corrected chi connectivity index (χ0v) is 15.3. The second-order valence-electron chi connectivity index (χ2n) is 7.90. The third-order valence-corrected chi connectivity index (χ3v) is 5.65. The summed E-state index contributed by atoms with van der Waals surface area (Å²) in [6, 6.07) is 0. The molecule has 3 atom stereocenters. The van der Waals surface area contributed by atoms with E-state index in [1.807, 2.05) is 0 Å². The molecule has 6 heteroatoms. The quantitative estimate of drug-likeness (QED) is 0.523. The number of hydrogen-bond acceptors (Lipinski definition) is 2. The molecule has 1 heterocycles. The number of halogens is 4. The lowest BCUT2D eigenvalue weighted by Gasteiger charge is -2.40. The number of alkyl halides is 4. The summed E-state index contributed by atoms with van der Waals surface area (Å²) in [6.45, 7) is 5.51. The molecule has 2 nitrogen and oxygen atoms in total. The fraction of sp³-hybridized carbons (Fsp3) is 1.00. The average Bonchev–Trinajstić information content (AvgIpc) is 2.54. The van der Waals surface area contributed by atoms with Crippen LogP contribution in [0.25, 0.3) is 0 Å².